The first-order chi connectivity index (χ1) is 12.4. The van der Waals surface area contributed by atoms with Gasteiger partial charge in [-0.15, -0.1) is 11.3 Å². The molecule has 2 rings (SSSR count). The predicted molar refractivity (Wildman–Crippen MR) is 109 cm³/mol. The van der Waals surface area contributed by atoms with Crippen molar-refractivity contribution < 1.29 is 8.42 Å². The van der Waals surface area contributed by atoms with Crippen molar-refractivity contribution in [2.24, 2.45) is 4.99 Å². The van der Waals surface area contributed by atoms with Crippen molar-refractivity contribution in [2.45, 2.75) is 25.1 Å². The maximum Gasteiger partial charge on any atom is 0.215 e. The van der Waals surface area contributed by atoms with Gasteiger partial charge < -0.3 is 10.6 Å². The second-order valence-electron chi connectivity index (χ2n) is 6.00. The normalized spacial score (nSPS) is 13.4. The number of guanidine groups is 1. The molecule has 0 aliphatic rings. The molecule has 0 amide bonds. The summed E-state index contributed by atoms with van der Waals surface area (Å²) in [7, 11) is -0.0742. The van der Waals surface area contributed by atoms with E-state index in [1.165, 1.54) is 11.9 Å². The van der Waals surface area contributed by atoms with Crippen LogP contribution >= 0.6 is 11.3 Å². The number of benzene rings is 1. The Kier molecular flexibility index (Phi) is 7.62. The Morgan fingerprint density at radius 2 is 1.85 bits per heavy atom. The SMILES string of the molecule is CN=C(NCc1ccc(CS(=O)(=O)NC)cc1)NCC(C)c1cccs1. The molecule has 0 aliphatic heterocycles. The van der Waals surface area contributed by atoms with E-state index >= 15 is 0 Å². The molecule has 0 bridgehead atoms. The van der Waals surface area contributed by atoms with Gasteiger partial charge in [0.2, 0.25) is 10.0 Å². The summed E-state index contributed by atoms with van der Waals surface area (Å²) < 4.78 is 25.5. The zero-order valence-electron chi connectivity index (χ0n) is 15.3. The summed E-state index contributed by atoms with van der Waals surface area (Å²) in [5, 5.41) is 8.70. The lowest BCUT2D eigenvalue weighted by Gasteiger charge is -2.15. The third-order valence-electron chi connectivity index (χ3n) is 3.98. The average Bonchev–Trinajstić information content (AvgIpc) is 3.17. The Balaban J connectivity index is 1.82. The molecule has 0 radical (unpaired) electrons. The second kappa shape index (κ2) is 9.70. The Bertz CT molecular complexity index is 800. The molecule has 0 saturated heterocycles. The number of nitrogens with one attached hydrogen (secondary N) is 3. The van der Waals surface area contributed by atoms with Gasteiger partial charge in [0.15, 0.2) is 5.96 Å². The summed E-state index contributed by atoms with van der Waals surface area (Å²) >= 11 is 1.76. The van der Waals surface area contributed by atoms with Crippen LogP contribution in [0.5, 0.6) is 0 Å². The molecule has 1 atom stereocenters. The summed E-state index contributed by atoms with van der Waals surface area (Å²) in [6, 6.07) is 11.7. The van der Waals surface area contributed by atoms with Gasteiger partial charge >= 0.3 is 0 Å². The molecule has 142 valence electrons. The lowest BCUT2D eigenvalue weighted by atomic mass is 10.1. The highest BCUT2D eigenvalue weighted by Crippen LogP contribution is 2.19. The molecule has 8 heteroatoms. The van der Waals surface area contributed by atoms with Crippen molar-refractivity contribution in [3.8, 4) is 0 Å². The van der Waals surface area contributed by atoms with Crippen molar-refractivity contribution in [3.63, 3.8) is 0 Å². The summed E-state index contributed by atoms with van der Waals surface area (Å²) in [4.78, 5) is 5.59. The molecule has 0 fully saturated rings. The van der Waals surface area contributed by atoms with Gasteiger partial charge in [0.1, 0.15) is 0 Å². The monoisotopic (exact) mass is 394 g/mol. The van der Waals surface area contributed by atoms with Gasteiger partial charge in [-0.3, -0.25) is 4.99 Å². The van der Waals surface area contributed by atoms with E-state index in [0.29, 0.717) is 12.5 Å². The zero-order chi connectivity index (χ0) is 19.0. The first kappa shape index (κ1) is 20.4. The summed E-state index contributed by atoms with van der Waals surface area (Å²) in [5.74, 6) is 1.15. The Morgan fingerprint density at radius 3 is 2.42 bits per heavy atom. The molecule has 2 aromatic rings. The van der Waals surface area contributed by atoms with E-state index in [0.717, 1.165) is 23.6 Å². The first-order valence-electron chi connectivity index (χ1n) is 8.40. The summed E-state index contributed by atoms with van der Waals surface area (Å²) in [6.07, 6.45) is 0. The molecule has 1 aromatic carbocycles. The van der Waals surface area contributed by atoms with Crippen LogP contribution in [0.2, 0.25) is 0 Å². The molecule has 1 unspecified atom stereocenters. The van der Waals surface area contributed by atoms with Crippen LogP contribution in [0.3, 0.4) is 0 Å². The van der Waals surface area contributed by atoms with Crippen molar-refractivity contribution in [1.82, 2.24) is 15.4 Å². The van der Waals surface area contributed by atoms with E-state index < -0.39 is 10.0 Å². The molecule has 3 N–H and O–H groups in total. The molecule has 0 saturated carbocycles. The van der Waals surface area contributed by atoms with E-state index in [4.69, 9.17) is 0 Å². The van der Waals surface area contributed by atoms with Gasteiger partial charge in [-0.05, 0) is 29.6 Å². The number of hydrogen-bond donors (Lipinski definition) is 3. The molecule has 1 heterocycles. The van der Waals surface area contributed by atoms with Gasteiger partial charge in [0.25, 0.3) is 0 Å². The predicted octanol–water partition coefficient (Wildman–Crippen LogP) is 2.27. The van der Waals surface area contributed by atoms with Crippen LogP contribution < -0.4 is 15.4 Å². The third kappa shape index (κ3) is 6.44. The molecule has 1 aromatic heterocycles. The minimum atomic E-state index is -3.24. The fourth-order valence-corrected chi connectivity index (χ4v) is 3.94. The first-order valence-corrected chi connectivity index (χ1v) is 10.9. The second-order valence-corrected chi connectivity index (χ2v) is 8.91. The zero-order valence-corrected chi connectivity index (χ0v) is 17.0. The van der Waals surface area contributed by atoms with Gasteiger partial charge in [-0.2, -0.15) is 0 Å². The highest BCUT2D eigenvalue weighted by molar-refractivity contribution is 7.88. The molecule has 6 nitrogen and oxygen atoms in total. The highest BCUT2D eigenvalue weighted by atomic mass is 32.2. The number of sulfonamides is 1. The molecule has 26 heavy (non-hydrogen) atoms. The van der Waals surface area contributed by atoms with Crippen molar-refractivity contribution >= 4 is 27.3 Å². The molecular formula is C18H26N4O2S2. The molecular weight excluding hydrogens is 368 g/mol. The Labute approximate surface area is 159 Å². The number of thiophene rings is 1. The van der Waals surface area contributed by atoms with Crippen molar-refractivity contribution in [1.29, 1.82) is 0 Å². The van der Waals surface area contributed by atoms with E-state index in [-0.39, 0.29) is 5.75 Å². The lowest BCUT2D eigenvalue weighted by Crippen LogP contribution is -2.38. The maximum absolute atomic E-state index is 11.6. The van der Waals surface area contributed by atoms with E-state index in [2.05, 4.69) is 44.8 Å². The molecule has 0 aliphatic carbocycles. The number of nitrogens with zero attached hydrogens (tertiary/aromatic N) is 1. The van der Waals surface area contributed by atoms with Gasteiger partial charge in [-0.25, -0.2) is 13.1 Å². The van der Waals surface area contributed by atoms with Gasteiger partial charge in [0, 0.05) is 30.9 Å². The fourth-order valence-electron chi connectivity index (χ4n) is 2.37. The minimum absolute atomic E-state index is 0.0129. The standard InChI is InChI=1S/C18H26N4O2S2/c1-14(17-5-4-10-25-17)11-21-18(19-2)22-12-15-6-8-16(9-7-15)13-26(23,24)20-3/h4-10,14,20H,11-13H2,1-3H3,(H2,19,21,22). The molecule has 0 spiro atoms. The maximum atomic E-state index is 11.6. The summed E-state index contributed by atoms with van der Waals surface area (Å²) in [6.45, 7) is 3.61. The average molecular weight is 395 g/mol. The number of hydrogen-bond acceptors (Lipinski definition) is 4. The minimum Gasteiger partial charge on any atom is -0.356 e. The lowest BCUT2D eigenvalue weighted by molar-refractivity contribution is 0.587. The summed E-state index contributed by atoms with van der Waals surface area (Å²) in [5.41, 5.74) is 1.82. The van der Waals surface area contributed by atoms with Crippen LogP contribution in [0.4, 0.5) is 0 Å². The number of rotatable bonds is 8. The van der Waals surface area contributed by atoms with Crippen LogP contribution in [0, 0.1) is 0 Å². The third-order valence-corrected chi connectivity index (χ3v) is 6.42. The van der Waals surface area contributed by atoms with E-state index in [1.54, 1.807) is 18.4 Å². The highest BCUT2D eigenvalue weighted by Gasteiger charge is 2.09. The Hall–Kier alpha value is -1.90. The van der Waals surface area contributed by atoms with Crippen LogP contribution in [-0.4, -0.2) is 35.0 Å². The fraction of sp³-hybridized carbons (Fsp3) is 0.389. The quantitative estimate of drug-likeness (QED) is 0.474. The Morgan fingerprint density at radius 1 is 1.15 bits per heavy atom. The van der Waals surface area contributed by atoms with Crippen LogP contribution in [0.15, 0.2) is 46.8 Å². The van der Waals surface area contributed by atoms with Crippen molar-refractivity contribution in [3.05, 3.63) is 57.8 Å². The van der Waals surface area contributed by atoms with Crippen LogP contribution in [-0.2, 0) is 22.3 Å². The largest absolute Gasteiger partial charge is 0.356 e. The number of aliphatic imine (C=N–C) groups is 1. The topological polar surface area (TPSA) is 82.6 Å². The van der Waals surface area contributed by atoms with E-state index in [9.17, 15) is 8.42 Å². The van der Waals surface area contributed by atoms with E-state index in [1.807, 2.05) is 24.3 Å². The smallest absolute Gasteiger partial charge is 0.215 e. The van der Waals surface area contributed by atoms with Crippen molar-refractivity contribution in [2.75, 3.05) is 20.6 Å². The van der Waals surface area contributed by atoms with Crippen LogP contribution in [0.1, 0.15) is 28.8 Å². The van der Waals surface area contributed by atoms with Crippen LogP contribution in [0.25, 0.3) is 0 Å². The van der Waals surface area contributed by atoms with Gasteiger partial charge in [0.05, 0.1) is 5.75 Å². The van der Waals surface area contributed by atoms with Gasteiger partial charge in [-0.1, -0.05) is 37.3 Å².